The SMILES string of the molecule is C[C@H]1O[C@@H](O[C@H]2CC[C@]3(C=O)[C@H]4CC[C@]5(C)[C@@H](C6=CC(=O)OC6)CC[C@]5(O)[C@@H]4CC[C@]3(O)C2)C[C@@H](O)[C@H]1O[C@@H]1OC[C@@H](O)[C@@H](O)[C@H]1O. The Bertz CT molecular complexity index is 1250. The summed E-state index contributed by atoms with van der Waals surface area (Å²) in [4.78, 5) is 25.0. The topological polar surface area (TPSA) is 202 Å². The van der Waals surface area contributed by atoms with Crippen molar-refractivity contribution in [3.63, 3.8) is 0 Å². The van der Waals surface area contributed by atoms with E-state index >= 15 is 0 Å². The highest BCUT2D eigenvalue weighted by Crippen LogP contribution is 2.70. The van der Waals surface area contributed by atoms with Crippen molar-refractivity contribution in [1.29, 1.82) is 0 Å². The minimum Gasteiger partial charge on any atom is -0.458 e. The zero-order valence-corrected chi connectivity index (χ0v) is 27.1. The second-order valence-corrected chi connectivity index (χ2v) is 15.7. The summed E-state index contributed by atoms with van der Waals surface area (Å²) < 4.78 is 28.7. The highest BCUT2D eigenvalue weighted by atomic mass is 16.7. The van der Waals surface area contributed by atoms with Crippen LogP contribution in [0.25, 0.3) is 0 Å². The van der Waals surface area contributed by atoms with Gasteiger partial charge in [-0.15, -0.1) is 0 Å². The lowest BCUT2D eigenvalue weighted by Gasteiger charge is -2.65. The number of hydrogen-bond donors (Lipinski definition) is 6. The van der Waals surface area contributed by atoms with E-state index in [0.717, 1.165) is 18.3 Å². The maximum absolute atomic E-state index is 13.1. The quantitative estimate of drug-likeness (QED) is 0.128. The Morgan fingerprint density at radius 2 is 1.70 bits per heavy atom. The summed E-state index contributed by atoms with van der Waals surface area (Å²) in [6, 6.07) is 0. The average molecular weight is 667 g/mol. The Kier molecular flexibility index (Phi) is 8.72. The van der Waals surface area contributed by atoms with Gasteiger partial charge in [0.15, 0.2) is 12.6 Å². The molecule has 0 unspecified atom stereocenters. The smallest absolute Gasteiger partial charge is 0.331 e. The maximum atomic E-state index is 13.1. The van der Waals surface area contributed by atoms with Gasteiger partial charge in [0.25, 0.3) is 0 Å². The van der Waals surface area contributed by atoms with Crippen molar-refractivity contribution >= 4 is 12.3 Å². The fraction of sp³-hybridized carbons (Fsp3) is 0.882. The van der Waals surface area contributed by atoms with Crippen molar-refractivity contribution in [2.45, 2.75) is 145 Å². The third-order valence-corrected chi connectivity index (χ3v) is 13.6. The normalized spacial score (nSPS) is 54.6. The van der Waals surface area contributed by atoms with Gasteiger partial charge in [0.2, 0.25) is 0 Å². The second kappa shape index (κ2) is 12.1. The van der Waals surface area contributed by atoms with E-state index in [1.54, 1.807) is 13.0 Å². The summed E-state index contributed by atoms with van der Waals surface area (Å²) in [6.45, 7) is 3.86. The van der Waals surface area contributed by atoms with E-state index in [1.807, 2.05) is 0 Å². The van der Waals surface area contributed by atoms with Crippen LogP contribution < -0.4 is 0 Å². The molecule has 7 aliphatic rings. The van der Waals surface area contributed by atoms with Crippen LogP contribution >= 0.6 is 0 Å². The standard InChI is InChI=1S/C34H50O13/c1-17-29(47-30-28(40)27(39)24(37)15-44-30)23(36)12-26(45-17)46-19-3-8-32(16-35)21-4-7-31(2)20(18-11-25(38)43-14-18)6-10-34(31,42)22(21)5-9-33(32,41)13-19/h11,16-17,19-24,26-30,36-37,39-42H,3-10,12-15H2,1-2H3/t17-,19+,20-,21+,22-,23-,24-,26+,27-,28-,29+,30+,31-,32+,33+,34+/m1/s1. The molecule has 0 bridgehead atoms. The van der Waals surface area contributed by atoms with Gasteiger partial charge in [-0.25, -0.2) is 4.79 Å². The number of rotatable bonds is 6. The molecule has 13 heteroatoms. The van der Waals surface area contributed by atoms with E-state index in [2.05, 4.69) is 6.92 Å². The lowest BCUT2D eigenvalue weighted by Crippen LogP contribution is -2.69. The zero-order valence-electron chi connectivity index (χ0n) is 27.1. The Hall–Kier alpha value is -1.52. The summed E-state index contributed by atoms with van der Waals surface area (Å²) in [5.74, 6) is -0.635. The van der Waals surface area contributed by atoms with E-state index in [-0.39, 0.29) is 49.8 Å². The van der Waals surface area contributed by atoms with Crippen LogP contribution in [-0.2, 0) is 33.3 Å². The second-order valence-electron chi connectivity index (χ2n) is 15.7. The number of aliphatic hydroxyl groups is 6. The summed E-state index contributed by atoms with van der Waals surface area (Å²) >= 11 is 0. The fourth-order valence-corrected chi connectivity index (χ4v) is 11.0. The number of esters is 1. The minimum atomic E-state index is -1.50. The van der Waals surface area contributed by atoms with Crippen molar-refractivity contribution in [2.75, 3.05) is 13.2 Å². The first-order valence-corrected chi connectivity index (χ1v) is 17.3. The monoisotopic (exact) mass is 666 g/mol. The molecular formula is C34H50O13. The van der Waals surface area contributed by atoms with Crippen LogP contribution in [0.1, 0.15) is 78.1 Å². The Labute approximate surface area is 274 Å². The van der Waals surface area contributed by atoms with E-state index in [0.29, 0.717) is 44.9 Å². The van der Waals surface area contributed by atoms with Crippen molar-refractivity contribution in [2.24, 2.45) is 28.6 Å². The van der Waals surface area contributed by atoms with Crippen LogP contribution in [-0.4, -0.2) is 123 Å². The van der Waals surface area contributed by atoms with Crippen LogP contribution in [0.2, 0.25) is 0 Å². The number of aliphatic hydroxyl groups excluding tert-OH is 4. The molecule has 4 saturated carbocycles. The third kappa shape index (κ3) is 5.18. The van der Waals surface area contributed by atoms with Gasteiger partial charge in [-0.05, 0) is 81.6 Å². The Morgan fingerprint density at radius 1 is 0.936 bits per heavy atom. The molecule has 16 atom stereocenters. The van der Waals surface area contributed by atoms with Crippen molar-refractivity contribution in [1.82, 2.24) is 0 Å². The van der Waals surface area contributed by atoms with Gasteiger partial charge in [0.1, 0.15) is 37.3 Å². The molecule has 0 amide bonds. The largest absolute Gasteiger partial charge is 0.458 e. The molecule has 4 aliphatic carbocycles. The van der Waals surface area contributed by atoms with Crippen molar-refractivity contribution in [3.05, 3.63) is 11.6 Å². The molecule has 7 rings (SSSR count). The van der Waals surface area contributed by atoms with E-state index in [1.165, 1.54) is 0 Å². The molecule has 0 aromatic rings. The number of carbonyl (C=O) groups excluding carboxylic acids is 2. The van der Waals surface area contributed by atoms with Gasteiger partial charge in [-0.3, -0.25) is 0 Å². The average Bonchev–Trinajstić information content (AvgIpc) is 3.57. The molecule has 0 aromatic heterocycles. The highest BCUT2D eigenvalue weighted by molar-refractivity contribution is 5.85. The first-order chi connectivity index (χ1) is 22.2. The summed E-state index contributed by atoms with van der Waals surface area (Å²) in [5, 5.41) is 65.7. The van der Waals surface area contributed by atoms with Crippen LogP contribution in [0.3, 0.4) is 0 Å². The van der Waals surface area contributed by atoms with Gasteiger partial charge in [0, 0.05) is 24.3 Å². The number of ether oxygens (including phenoxy) is 5. The first-order valence-electron chi connectivity index (χ1n) is 17.3. The molecule has 0 radical (unpaired) electrons. The number of aldehydes is 1. The fourth-order valence-electron chi connectivity index (χ4n) is 11.0. The van der Waals surface area contributed by atoms with Gasteiger partial charge >= 0.3 is 5.97 Å². The summed E-state index contributed by atoms with van der Waals surface area (Å²) in [6.07, 6.45) is -1.89. The highest BCUT2D eigenvalue weighted by Gasteiger charge is 2.71. The van der Waals surface area contributed by atoms with Gasteiger partial charge < -0.3 is 59.1 Å². The Balaban J connectivity index is 1.01. The number of fused-ring (bicyclic) bond motifs is 5. The van der Waals surface area contributed by atoms with E-state index in [4.69, 9.17) is 23.7 Å². The van der Waals surface area contributed by atoms with Crippen molar-refractivity contribution < 1.29 is 63.9 Å². The Morgan fingerprint density at radius 3 is 2.40 bits per heavy atom. The molecule has 13 nitrogen and oxygen atoms in total. The van der Waals surface area contributed by atoms with Gasteiger partial charge in [-0.1, -0.05) is 6.92 Å². The third-order valence-electron chi connectivity index (χ3n) is 13.6. The molecule has 47 heavy (non-hydrogen) atoms. The molecule has 3 aliphatic heterocycles. The van der Waals surface area contributed by atoms with E-state index in [9.17, 15) is 40.2 Å². The molecule has 3 heterocycles. The predicted octanol–water partition coefficient (Wildman–Crippen LogP) is 0.243. The lowest BCUT2D eigenvalue weighted by atomic mass is 9.41. The van der Waals surface area contributed by atoms with Crippen LogP contribution in [0, 0.1) is 28.6 Å². The first kappa shape index (κ1) is 34.0. The number of hydrogen-bond acceptors (Lipinski definition) is 13. The molecule has 0 spiro atoms. The molecule has 6 fully saturated rings. The van der Waals surface area contributed by atoms with Crippen LogP contribution in [0.5, 0.6) is 0 Å². The van der Waals surface area contributed by atoms with Gasteiger partial charge in [0.05, 0.1) is 41.5 Å². The number of carbonyl (C=O) groups is 2. The zero-order chi connectivity index (χ0) is 33.5. The maximum Gasteiger partial charge on any atom is 0.331 e. The summed E-state index contributed by atoms with van der Waals surface area (Å²) in [5.41, 5.74) is -2.86. The molecule has 2 saturated heterocycles. The van der Waals surface area contributed by atoms with E-state index < -0.39 is 77.3 Å². The molecular weight excluding hydrogens is 616 g/mol. The van der Waals surface area contributed by atoms with Crippen LogP contribution in [0.15, 0.2) is 11.6 Å². The molecule has 0 aromatic carbocycles. The predicted molar refractivity (Wildman–Crippen MR) is 160 cm³/mol. The van der Waals surface area contributed by atoms with Gasteiger partial charge in [-0.2, -0.15) is 0 Å². The number of cyclic esters (lactones) is 1. The minimum absolute atomic E-state index is 0.0370. The molecule has 6 N–H and O–H groups in total. The molecule has 264 valence electrons. The van der Waals surface area contributed by atoms with Crippen molar-refractivity contribution in [3.8, 4) is 0 Å². The summed E-state index contributed by atoms with van der Waals surface area (Å²) in [7, 11) is 0. The lowest BCUT2D eigenvalue weighted by molar-refractivity contribution is -0.331. The van der Waals surface area contributed by atoms with Crippen LogP contribution in [0.4, 0.5) is 0 Å².